The molecule has 0 saturated carbocycles. The van der Waals surface area contributed by atoms with E-state index in [1.807, 2.05) is 36.4 Å². The van der Waals surface area contributed by atoms with Crippen molar-refractivity contribution in [3.63, 3.8) is 0 Å². The molecule has 1 heterocycles. The summed E-state index contributed by atoms with van der Waals surface area (Å²) in [5.74, 6) is 0. The molecule has 2 aromatic carbocycles. The van der Waals surface area contributed by atoms with E-state index in [0.29, 0.717) is 10.9 Å². The van der Waals surface area contributed by atoms with Crippen molar-refractivity contribution in [1.29, 1.82) is 0 Å². The van der Waals surface area contributed by atoms with Crippen LogP contribution in [0, 0.1) is 0 Å². The van der Waals surface area contributed by atoms with E-state index >= 15 is 0 Å². The number of hydrogen-bond donors (Lipinski definition) is 0. The number of para-hydroxylation sites is 2. The Morgan fingerprint density at radius 3 is 2.21 bits per heavy atom. The Labute approximate surface area is 103 Å². The summed E-state index contributed by atoms with van der Waals surface area (Å²) in [5, 5.41) is 0.556. The van der Waals surface area contributed by atoms with Crippen LogP contribution in [0.1, 0.15) is 0 Å². The van der Waals surface area contributed by atoms with Gasteiger partial charge in [-0.15, -0.1) is 11.5 Å². The molecule has 0 N–H and O–H groups in total. The number of rotatable bonds is 1. The minimum absolute atomic E-state index is 0. The van der Waals surface area contributed by atoms with Gasteiger partial charge in [-0.1, -0.05) is 42.5 Å². The van der Waals surface area contributed by atoms with Crippen molar-refractivity contribution >= 4 is 10.9 Å². The fourth-order valence-corrected chi connectivity index (χ4v) is 2.09. The van der Waals surface area contributed by atoms with Crippen molar-refractivity contribution in [3.05, 3.63) is 81.2 Å². The minimum atomic E-state index is -0.301. The third-order valence-electron chi connectivity index (χ3n) is 2.90. The monoisotopic (exact) mass is 495 g/mol. The van der Waals surface area contributed by atoms with Crippen LogP contribution >= 0.6 is 0 Å². The predicted molar refractivity (Wildman–Crippen MR) is 71.4 cm³/mol. The van der Waals surface area contributed by atoms with Crippen molar-refractivity contribution in [2.24, 2.45) is 0 Å². The summed E-state index contributed by atoms with van der Waals surface area (Å²) in [7, 11) is 0. The van der Waals surface area contributed by atoms with E-state index in [1.165, 1.54) is 0 Å². The average Bonchev–Trinajstić information content (AvgIpc) is 2.40. The average molecular weight is 495 g/mol. The number of hydrogen-bond acceptors (Lipinski definition) is 2. The molecule has 0 fully saturated rings. The molecule has 0 unspecified atom stereocenters. The first-order chi connectivity index (χ1) is 8.77. The van der Waals surface area contributed by atoms with Gasteiger partial charge in [0.05, 0.1) is 0 Å². The van der Waals surface area contributed by atoms with Gasteiger partial charge in [0.1, 0.15) is 0 Å². The molecule has 0 atom stereocenters. The van der Waals surface area contributed by atoms with E-state index in [9.17, 15) is 9.59 Å². The Bertz CT molecular complexity index is 819. The molecule has 3 nitrogen and oxygen atoms in total. The number of aromatic nitrogens is 1. The predicted octanol–water partition coefficient (Wildman–Crippen LogP) is 2.07. The van der Waals surface area contributed by atoms with Gasteiger partial charge in [-0.05, 0) is 17.6 Å². The van der Waals surface area contributed by atoms with E-state index in [4.69, 9.17) is 0 Å². The van der Waals surface area contributed by atoms with Crippen molar-refractivity contribution in [1.82, 2.24) is 4.57 Å². The van der Waals surface area contributed by atoms with Crippen LogP contribution in [0.3, 0.4) is 0 Å². The van der Waals surface area contributed by atoms with E-state index < -0.39 is 0 Å². The largest absolute Gasteiger partial charge is 0.331 e. The van der Waals surface area contributed by atoms with E-state index in [1.54, 1.807) is 22.8 Å². The van der Waals surface area contributed by atoms with E-state index in [-0.39, 0.29) is 11.0 Å². The molecule has 1 aromatic heterocycles. The fraction of sp³-hybridized carbons (Fsp3) is 0. The van der Waals surface area contributed by atoms with Crippen LogP contribution in [0.15, 0.2) is 70.3 Å². The molecule has 102 valence electrons. The zero-order valence-corrected chi connectivity index (χ0v) is 12.0. The second kappa shape index (κ2) is 4.37. The van der Waals surface area contributed by atoms with Crippen LogP contribution < -0.4 is 11.0 Å². The molecule has 19 heavy (non-hydrogen) atoms. The number of pyridine rings is 1. The van der Waals surface area contributed by atoms with Gasteiger partial charge >= 0.3 is 0 Å². The van der Waals surface area contributed by atoms with Gasteiger partial charge in [-0.2, -0.15) is 0 Å². The maximum absolute atomic E-state index is 12.0. The topological polar surface area (TPSA) is 39.1 Å². The summed E-state index contributed by atoms with van der Waals surface area (Å²) >= 11 is 0. The third kappa shape index (κ3) is 1.78. The SMILES string of the molecule is O=c1[cH-]c(=O)n(-c2ccccc2)c2ccccc12.[No]. The van der Waals surface area contributed by atoms with Crippen molar-refractivity contribution in [2.45, 2.75) is 0 Å². The molecule has 0 saturated heterocycles. The molecule has 3 rings (SSSR count). The first-order valence-electron chi connectivity index (χ1n) is 5.64. The molecule has 0 aliphatic rings. The maximum Gasteiger partial charge on any atom is 0.176 e. The first-order valence-corrected chi connectivity index (χ1v) is 5.64. The Balaban J connectivity index is 0.00000133. The van der Waals surface area contributed by atoms with Crippen LogP contribution in [0.2, 0.25) is 0 Å². The van der Waals surface area contributed by atoms with Gasteiger partial charge in [-0.3, -0.25) is 4.79 Å². The molecule has 0 bridgehead atoms. The van der Waals surface area contributed by atoms with Gasteiger partial charge < -0.3 is 9.36 Å². The van der Waals surface area contributed by atoms with Crippen LogP contribution in [0.5, 0.6) is 0 Å². The normalized spacial score (nSPS) is 10.1. The molecule has 4 heteroatoms. The van der Waals surface area contributed by atoms with Crippen LogP contribution in [0.4, 0.5) is 0 Å². The molecule has 0 radical (unpaired) electrons. The summed E-state index contributed by atoms with van der Waals surface area (Å²) in [6.07, 6.45) is 0. The van der Waals surface area contributed by atoms with Gasteiger partial charge in [-0.25, -0.2) is 0 Å². The quantitative estimate of drug-likeness (QED) is 0.486. The van der Waals surface area contributed by atoms with Gasteiger partial charge in [0.2, 0.25) is 0 Å². The van der Waals surface area contributed by atoms with Crippen LogP contribution in [-0.4, -0.2) is 4.57 Å². The Hall–Kier alpha value is -3.55. The van der Waals surface area contributed by atoms with Gasteiger partial charge in [0.15, 0.2) is 5.56 Å². The molecule has 0 amide bonds. The summed E-state index contributed by atoms with van der Waals surface area (Å²) in [6.45, 7) is 0. The standard InChI is InChI=1S/C15H10NO2.No/c17-14-10-15(18)16(11-6-2-1-3-7-11)13-9-5-4-8-12(13)14;/h1-10H;/q-1;. The van der Waals surface area contributed by atoms with E-state index in [2.05, 4.69) is 0 Å². The zero-order chi connectivity index (χ0) is 12.5. The van der Waals surface area contributed by atoms with Crippen molar-refractivity contribution in [2.75, 3.05) is 0 Å². The van der Waals surface area contributed by atoms with E-state index in [0.717, 1.165) is 11.8 Å². The molecule has 0 spiro atoms. The van der Waals surface area contributed by atoms with Gasteiger partial charge in [0.25, 0.3) is 0 Å². The number of benzene rings is 2. The smallest absolute Gasteiger partial charge is 0.176 e. The fourth-order valence-electron chi connectivity index (χ4n) is 2.09. The molecular formula is C15H10NNoO2-. The second-order valence-electron chi connectivity index (χ2n) is 4.03. The second-order valence-corrected chi connectivity index (χ2v) is 4.03. The summed E-state index contributed by atoms with van der Waals surface area (Å²) < 4.78 is 1.55. The third-order valence-corrected chi connectivity index (χ3v) is 2.90. The Kier molecular flexibility index (Phi) is 2.74. The Morgan fingerprint density at radius 1 is 0.842 bits per heavy atom. The minimum Gasteiger partial charge on any atom is -0.331 e. The number of fused-ring (bicyclic) bond motifs is 1. The summed E-state index contributed by atoms with van der Waals surface area (Å²) in [6, 6.07) is 17.6. The summed E-state index contributed by atoms with van der Waals surface area (Å²) in [5.41, 5.74) is 0.868. The molecule has 3 aromatic rings. The molecular weight excluding hydrogens is 485 g/mol. The maximum atomic E-state index is 12.0. The zero-order valence-electron chi connectivity index (χ0n) is 9.80. The first kappa shape index (κ1) is 11.9. The Morgan fingerprint density at radius 2 is 1.47 bits per heavy atom. The molecule has 0 aliphatic heterocycles. The van der Waals surface area contributed by atoms with Crippen molar-refractivity contribution < 1.29 is 0 Å². The van der Waals surface area contributed by atoms with Crippen LogP contribution in [0.25, 0.3) is 16.6 Å². The van der Waals surface area contributed by atoms with Crippen LogP contribution in [-0.2, 0) is 0 Å². The summed E-state index contributed by atoms with van der Waals surface area (Å²) in [4.78, 5) is 23.8. The number of nitrogens with zero attached hydrogens (tertiary/aromatic N) is 1. The van der Waals surface area contributed by atoms with Crippen molar-refractivity contribution in [3.8, 4) is 5.69 Å². The molecule has 0 aliphatic carbocycles. The van der Waals surface area contributed by atoms with Gasteiger partial charge in [0, 0.05) is 11.1 Å².